The van der Waals surface area contributed by atoms with Gasteiger partial charge in [0.2, 0.25) is 5.78 Å². The molecule has 4 aliphatic rings. The Kier molecular flexibility index (Phi) is 3.46. The predicted octanol–water partition coefficient (Wildman–Crippen LogP) is 1.23. The summed E-state index contributed by atoms with van der Waals surface area (Å²) in [5, 5.41) is 0. The number of carbonyl (C=O) groups excluding carboxylic acids is 2. The van der Waals surface area contributed by atoms with Gasteiger partial charge in [0.25, 0.3) is 5.79 Å². The average molecular weight is 377 g/mol. The van der Waals surface area contributed by atoms with Gasteiger partial charge in [-0.15, -0.1) is 0 Å². The Balaban J connectivity index is 1.41. The number of ether oxygens (including phenoxy) is 6. The van der Waals surface area contributed by atoms with Crippen molar-refractivity contribution in [1.82, 2.24) is 0 Å². The van der Waals surface area contributed by atoms with Crippen LogP contribution >= 0.6 is 0 Å². The first-order valence-corrected chi connectivity index (χ1v) is 8.81. The van der Waals surface area contributed by atoms with Crippen molar-refractivity contribution in [3.63, 3.8) is 0 Å². The van der Waals surface area contributed by atoms with Crippen LogP contribution < -0.4 is 14.4 Å². The molecule has 0 bridgehead atoms. The van der Waals surface area contributed by atoms with Gasteiger partial charge in [0, 0.05) is 6.07 Å². The minimum Gasteiger partial charge on any atom is -0.486 e. The van der Waals surface area contributed by atoms with Gasteiger partial charge in [0.05, 0.1) is 12.3 Å². The second kappa shape index (κ2) is 5.57. The van der Waals surface area contributed by atoms with Gasteiger partial charge in [-0.3, -0.25) is 9.69 Å². The smallest absolute Gasteiger partial charge is 0.417 e. The van der Waals surface area contributed by atoms with E-state index in [2.05, 4.69) is 0 Å². The number of rotatable bonds is 1. The van der Waals surface area contributed by atoms with E-state index in [0.717, 1.165) is 0 Å². The van der Waals surface area contributed by atoms with Crippen molar-refractivity contribution in [3.8, 4) is 11.5 Å². The van der Waals surface area contributed by atoms with Gasteiger partial charge >= 0.3 is 6.09 Å². The van der Waals surface area contributed by atoms with Crippen molar-refractivity contribution in [2.45, 2.75) is 37.6 Å². The first-order chi connectivity index (χ1) is 12.9. The lowest BCUT2D eigenvalue weighted by molar-refractivity contribution is -0.218. The van der Waals surface area contributed by atoms with E-state index in [0.29, 0.717) is 30.4 Å². The molecule has 1 amide bonds. The van der Waals surface area contributed by atoms with Gasteiger partial charge in [-0.1, -0.05) is 0 Å². The van der Waals surface area contributed by atoms with Crippen molar-refractivity contribution >= 4 is 17.6 Å². The largest absolute Gasteiger partial charge is 0.486 e. The Morgan fingerprint density at radius 3 is 2.67 bits per heavy atom. The van der Waals surface area contributed by atoms with Crippen LogP contribution in [0.15, 0.2) is 18.2 Å². The molecule has 3 fully saturated rings. The van der Waals surface area contributed by atoms with Crippen LogP contribution in [0.1, 0.15) is 13.8 Å². The van der Waals surface area contributed by atoms with Gasteiger partial charge in [-0.2, -0.15) is 0 Å². The standard InChI is InChI=1S/C18H19NO8/c1-17(2)25-13-8-24-18(15(20)14(13)26-17)9-19(16(21)27-18)10-3-4-11-12(7-10)23-6-5-22-11/h3-4,7,13-14H,5-6,8-9H2,1-2H3/t13-,14-,18+/m1/s1. The molecule has 0 N–H and O–H groups in total. The zero-order chi connectivity index (χ0) is 18.8. The van der Waals surface area contributed by atoms with Crippen LogP contribution in [0, 0.1) is 0 Å². The number of hydrogen-bond donors (Lipinski definition) is 0. The number of hydrogen-bond acceptors (Lipinski definition) is 8. The van der Waals surface area contributed by atoms with Gasteiger partial charge in [-0.05, 0) is 26.0 Å². The number of Topliss-reactive ketones (excluding diaryl/α,β-unsaturated/α-hetero) is 1. The van der Waals surface area contributed by atoms with Gasteiger partial charge in [-0.25, -0.2) is 4.79 Å². The van der Waals surface area contributed by atoms with Gasteiger partial charge in [0.1, 0.15) is 25.9 Å². The first-order valence-electron chi connectivity index (χ1n) is 8.81. The van der Waals surface area contributed by atoms with Crippen molar-refractivity contribution in [2.75, 3.05) is 31.3 Å². The lowest BCUT2D eigenvalue weighted by Crippen LogP contribution is -2.59. The van der Waals surface area contributed by atoms with E-state index in [1.54, 1.807) is 32.0 Å². The first kappa shape index (κ1) is 16.8. The molecule has 9 heteroatoms. The molecule has 5 rings (SSSR count). The third-order valence-electron chi connectivity index (χ3n) is 4.97. The second-order valence-electron chi connectivity index (χ2n) is 7.30. The van der Waals surface area contributed by atoms with Crippen molar-refractivity contribution in [2.24, 2.45) is 0 Å². The number of nitrogens with zero attached hydrogens (tertiary/aromatic N) is 1. The molecule has 1 aromatic carbocycles. The fourth-order valence-corrected chi connectivity index (χ4v) is 3.79. The molecule has 3 atom stereocenters. The summed E-state index contributed by atoms with van der Waals surface area (Å²) in [6, 6.07) is 5.11. The molecule has 27 heavy (non-hydrogen) atoms. The van der Waals surface area contributed by atoms with Crippen molar-refractivity contribution in [1.29, 1.82) is 0 Å². The SMILES string of the molecule is CC1(C)O[C@@H]2CO[C@]3(CN(c4ccc5c(c4)OCCO5)C(=O)O3)C(=O)[C@@H]2O1. The Morgan fingerprint density at radius 1 is 1.07 bits per heavy atom. The highest BCUT2D eigenvalue weighted by molar-refractivity contribution is 6.00. The van der Waals surface area contributed by atoms with Crippen LogP contribution in [0.5, 0.6) is 11.5 Å². The van der Waals surface area contributed by atoms with Crippen LogP contribution in [0.4, 0.5) is 10.5 Å². The summed E-state index contributed by atoms with van der Waals surface area (Å²) in [5.41, 5.74) is 0.531. The Labute approximate surface area is 155 Å². The molecule has 0 aromatic heterocycles. The highest BCUT2D eigenvalue weighted by Gasteiger charge is 2.63. The van der Waals surface area contributed by atoms with Crippen LogP contribution in [0.25, 0.3) is 0 Å². The fraction of sp³-hybridized carbons (Fsp3) is 0.556. The zero-order valence-electron chi connectivity index (χ0n) is 14.9. The summed E-state index contributed by atoms with van der Waals surface area (Å²) in [5.74, 6) is -1.89. The number of benzene rings is 1. The van der Waals surface area contributed by atoms with E-state index in [4.69, 9.17) is 28.4 Å². The molecule has 144 valence electrons. The molecular weight excluding hydrogens is 358 g/mol. The van der Waals surface area contributed by atoms with Crippen molar-refractivity contribution < 1.29 is 38.0 Å². The lowest BCUT2D eigenvalue weighted by Gasteiger charge is -2.34. The maximum absolute atomic E-state index is 13.0. The fourth-order valence-electron chi connectivity index (χ4n) is 3.79. The number of carbonyl (C=O) groups is 2. The van der Waals surface area contributed by atoms with E-state index in [-0.39, 0.29) is 13.2 Å². The molecule has 0 unspecified atom stereocenters. The molecule has 1 aromatic rings. The minimum atomic E-state index is -1.70. The van der Waals surface area contributed by atoms with Crippen LogP contribution in [-0.2, 0) is 23.7 Å². The second-order valence-corrected chi connectivity index (χ2v) is 7.30. The summed E-state index contributed by atoms with van der Waals surface area (Å²) in [7, 11) is 0. The van der Waals surface area contributed by atoms with Crippen LogP contribution in [0.3, 0.4) is 0 Å². The molecule has 9 nitrogen and oxygen atoms in total. The lowest BCUT2D eigenvalue weighted by atomic mass is 9.98. The molecule has 4 aliphatic heterocycles. The normalized spacial score (nSPS) is 33.9. The maximum atomic E-state index is 13.0. The van der Waals surface area contributed by atoms with Crippen molar-refractivity contribution in [3.05, 3.63) is 18.2 Å². The molecule has 0 saturated carbocycles. The predicted molar refractivity (Wildman–Crippen MR) is 88.8 cm³/mol. The molecule has 1 spiro atoms. The van der Waals surface area contributed by atoms with E-state index in [1.165, 1.54) is 4.90 Å². The maximum Gasteiger partial charge on any atom is 0.417 e. The molecule has 0 aliphatic carbocycles. The van der Waals surface area contributed by atoms with Crippen LogP contribution in [-0.4, -0.2) is 62.0 Å². The molecule has 3 saturated heterocycles. The summed E-state index contributed by atoms with van der Waals surface area (Å²) in [4.78, 5) is 26.8. The number of anilines is 1. The van der Waals surface area contributed by atoms with E-state index in [9.17, 15) is 9.59 Å². The minimum absolute atomic E-state index is 0.0721. The van der Waals surface area contributed by atoms with E-state index < -0.39 is 35.7 Å². The summed E-state index contributed by atoms with van der Waals surface area (Å²) >= 11 is 0. The number of ketones is 1. The Hall–Kier alpha value is -2.36. The monoisotopic (exact) mass is 377 g/mol. The Morgan fingerprint density at radius 2 is 1.85 bits per heavy atom. The zero-order valence-corrected chi connectivity index (χ0v) is 14.9. The quantitative estimate of drug-likeness (QED) is 0.722. The summed E-state index contributed by atoms with van der Waals surface area (Å²) in [6.07, 6.45) is -2.02. The highest BCUT2D eigenvalue weighted by Crippen LogP contribution is 2.41. The third kappa shape index (κ3) is 2.57. The van der Waals surface area contributed by atoms with E-state index in [1.807, 2.05) is 0 Å². The molecule has 4 heterocycles. The van der Waals surface area contributed by atoms with Gasteiger partial charge in [0.15, 0.2) is 23.4 Å². The van der Waals surface area contributed by atoms with E-state index >= 15 is 0 Å². The Bertz CT molecular complexity index is 824. The summed E-state index contributed by atoms with van der Waals surface area (Å²) in [6.45, 7) is 4.40. The number of amides is 1. The van der Waals surface area contributed by atoms with Gasteiger partial charge < -0.3 is 28.4 Å². The summed E-state index contributed by atoms with van der Waals surface area (Å²) < 4.78 is 33.5. The van der Waals surface area contributed by atoms with Crippen LogP contribution in [0.2, 0.25) is 0 Å². The molecular formula is C18H19NO8. The highest BCUT2D eigenvalue weighted by atomic mass is 16.8. The molecule has 0 radical (unpaired) electrons. The topological polar surface area (TPSA) is 92.8 Å². The third-order valence-corrected chi connectivity index (χ3v) is 4.97. The average Bonchev–Trinajstić information content (AvgIpc) is 3.15. The number of fused-ring (bicyclic) bond motifs is 2.